The zero-order valence-electron chi connectivity index (χ0n) is 15.2. The molecule has 1 rings (SSSR count). The molecule has 27 heavy (non-hydrogen) atoms. The normalized spacial score (nSPS) is 14.7. The van der Waals surface area contributed by atoms with E-state index in [2.05, 4.69) is 9.13 Å². The number of halogens is 4. The molecule has 0 bridgehead atoms. The van der Waals surface area contributed by atoms with E-state index in [9.17, 15) is 26.9 Å². The summed E-state index contributed by atoms with van der Waals surface area (Å²) in [5.74, 6) is -3.34. The van der Waals surface area contributed by atoms with Gasteiger partial charge in [-0.05, 0) is 25.5 Å². The highest BCUT2D eigenvalue weighted by atomic mass is 32.2. The van der Waals surface area contributed by atoms with Gasteiger partial charge in [0.1, 0.15) is 11.6 Å². The molecule has 0 aromatic heterocycles. The second-order valence-electron chi connectivity index (χ2n) is 5.88. The molecule has 0 N–H and O–H groups in total. The van der Waals surface area contributed by atoms with Crippen LogP contribution in [0.1, 0.15) is 45.1 Å². The molecular formula is C18H23F4NO3S. The van der Waals surface area contributed by atoms with Gasteiger partial charge in [0.2, 0.25) is 0 Å². The number of ether oxygens (including phenoxy) is 1. The lowest BCUT2D eigenvalue weighted by molar-refractivity contribution is -0.182. The molecule has 0 aliphatic heterocycles. The Balaban J connectivity index is 3.12. The van der Waals surface area contributed by atoms with Crippen molar-refractivity contribution >= 4 is 23.0 Å². The Morgan fingerprint density at radius 1 is 1.22 bits per heavy atom. The Hall–Kier alpha value is -1.61. The van der Waals surface area contributed by atoms with E-state index in [1.54, 1.807) is 0 Å². The van der Waals surface area contributed by atoms with Crippen molar-refractivity contribution in [1.82, 2.24) is 0 Å². The van der Waals surface area contributed by atoms with E-state index in [1.165, 1.54) is 19.1 Å². The SMILES string of the molecule is CCCC[S+]([O-])N=C(C[C@@H](CC(=O)OCC)C(F)(F)F)c1ccc(F)cc1. The topological polar surface area (TPSA) is 61.7 Å². The molecule has 0 aliphatic carbocycles. The maximum Gasteiger partial charge on any atom is 0.392 e. The first-order valence-corrected chi connectivity index (χ1v) is 9.89. The van der Waals surface area contributed by atoms with Gasteiger partial charge in [-0.3, -0.25) is 4.79 Å². The molecule has 0 saturated heterocycles. The highest BCUT2D eigenvalue weighted by molar-refractivity contribution is 7.90. The molecule has 0 fully saturated rings. The van der Waals surface area contributed by atoms with Crippen molar-refractivity contribution in [2.75, 3.05) is 12.4 Å². The Morgan fingerprint density at radius 2 is 1.85 bits per heavy atom. The van der Waals surface area contributed by atoms with Gasteiger partial charge in [-0.1, -0.05) is 29.9 Å². The van der Waals surface area contributed by atoms with Crippen LogP contribution in [-0.4, -0.2) is 34.8 Å². The summed E-state index contributed by atoms with van der Waals surface area (Å²) in [4.78, 5) is 11.6. The van der Waals surface area contributed by atoms with Gasteiger partial charge in [0.05, 0.1) is 36.0 Å². The summed E-state index contributed by atoms with van der Waals surface area (Å²) in [5.41, 5.74) is 0.162. The van der Waals surface area contributed by atoms with Gasteiger partial charge in [-0.2, -0.15) is 13.2 Å². The van der Waals surface area contributed by atoms with Crippen LogP contribution >= 0.6 is 0 Å². The molecule has 2 atom stereocenters. The quantitative estimate of drug-likeness (QED) is 0.246. The molecule has 152 valence electrons. The summed E-state index contributed by atoms with van der Waals surface area (Å²) in [5, 5.41) is 0. The number of carbonyl (C=O) groups is 1. The fourth-order valence-electron chi connectivity index (χ4n) is 2.24. The van der Waals surface area contributed by atoms with Crippen molar-refractivity contribution < 1.29 is 31.6 Å². The fourth-order valence-corrected chi connectivity index (χ4v) is 3.30. The maximum absolute atomic E-state index is 13.4. The second-order valence-corrected chi connectivity index (χ2v) is 7.11. The van der Waals surface area contributed by atoms with Crippen molar-refractivity contribution in [3.63, 3.8) is 0 Å². The number of alkyl halides is 3. The number of benzene rings is 1. The van der Waals surface area contributed by atoms with Crippen LogP contribution < -0.4 is 0 Å². The van der Waals surface area contributed by atoms with Crippen LogP contribution in [-0.2, 0) is 20.9 Å². The molecule has 0 amide bonds. The molecule has 9 heteroatoms. The highest BCUT2D eigenvalue weighted by Crippen LogP contribution is 2.33. The molecule has 0 heterocycles. The minimum Gasteiger partial charge on any atom is -0.591 e. The van der Waals surface area contributed by atoms with Gasteiger partial charge in [0.15, 0.2) is 0 Å². The summed E-state index contributed by atoms with van der Waals surface area (Å²) < 4.78 is 74.0. The van der Waals surface area contributed by atoms with E-state index in [0.717, 1.165) is 18.6 Å². The number of esters is 1. The van der Waals surface area contributed by atoms with E-state index in [1.807, 2.05) is 6.92 Å². The number of unbranched alkanes of at least 4 members (excludes halogenated alkanes) is 1. The fraction of sp³-hybridized carbons (Fsp3) is 0.556. The maximum atomic E-state index is 13.4. The molecule has 0 radical (unpaired) electrons. The summed E-state index contributed by atoms with van der Waals surface area (Å²) in [6.45, 7) is 3.37. The predicted molar refractivity (Wildman–Crippen MR) is 96.3 cm³/mol. The Kier molecular flexibility index (Phi) is 9.79. The molecule has 4 nitrogen and oxygen atoms in total. The molecular weight excluding hydrogens is 386 g/mol. The van der Waals surface area contributed by atoms with Crippen LogP contribution in [0.2, 0.25) is 0 Å². The lowest BCUT2D eigenvalue weighted by Crippen LogP contribution is -2.29. The minimum absolute atomic E-state index is 0.0245. The standard InChI is InChI=1S/C18H23F4NO3S/c1-3-5-10-27(25)23-16(13-6-8-15(19)9-7-13)11-14(18(20,21)22)12-17(24)26-4-2/h6-9,14H,3-5,10-12H2,1-2H3/t14-,27?/m0/s1. The molecule has 1 aromatic rings. The van der Waals surface area contributed by atoms with E-state index in [4.69, 9.17) is 0 Å². The summed E-state index contributed by atoms with van der Waals surface area (Å²) in [6, 6.07) is 4.74. The van der Waals surface area contributed by atoms with Crippen molar-refractivity contribution in [2.45, 2.75) is 45.7 Å². The van der Waals surface area contributed by atoms with Crippen molar-refractivity contribution in [2.24, 2.45) is 10.3 Å². The van der Waals surface area contributed by atoms with Crippen molar-refractivity contribution in [1.29, 1.82) is 0 Å². The number of nitrogens with zero attached hydrogens (tertiary/aromatic N) is 1. The third-order valence-electron chi connectivity index (χ3n) is 3.68. The summed E-state index contributed by atoms with van der Waals surface area (Å²) in [6.07, 6.45) is -4.80. The molecule has 0 aliphatic rings. The van der Waals surface area contributed by atoms with Gasteiger partial charge in [0, 0.05) is 12.0 Å². The third-order valence-corrected chi connectivity index (χ3v) is 4.74. The van der Waals surface area contributed by atoms with E-state index in [-0.39, 0.29) is 23.6 Å². The Bertz CT molecular complexity index is 620. The van der Waals surface area contributed by atoms with Gasteiger partial charge < -0.3 is 9.29 Å². The van der Waals surface area contributed by atoms with Gasteiger partial charge in [0.25, 0.3) is 0 Å². The lowest BCUT2D eigenvalue weighted by atomic mass is 9.94. The number of carbonyl (C=O) groups excluding carboxylic acids is 1. The third kappa shape index (κ3) is 8.75. The monoisotopic (exact) mass is 409 g/mol. The minimum atomic E-state index is -4.67. The van der Waals surface area contributed by atoms with Crippen LogP contribution in [0.5, 0.6) is 0 Å². The molecule has 1 unspecified atom stereocenters. The van der Waals surface area contributed by atoms with E-state index >= 15 is 0 Å². The highest BCUT2D eigenvalue weighted by Gasteiger charge is 2.42. The van der Waals surface area contributed by atoms with Gasteiger partial charge >= 0.3 is 12.1 Å². The van der Waals surface area contributed by atoms with E-state index in [0.29, 0.717) is 6.42 Å². The first kappa shape index (κ1) is 23.4. The Morgan fingerprint density at radius 3 is 2.37 bits per heavy atom. The smallest absolute Gasteiger partial charge is 0.392 e. The first-order valence-electron chi connectivity index (χ1n) is 8.61. The van der Waals surface area contributed by atoms with Gasteiger partial charge in [-0.25, -0.2) is 4.39 Å². The van der Waals surface area contributed by atoms with E-state index < -0.39 is 48.1 Å². The van der Waals surface area contributed by atoms with Crippen LogP contribution in [0.15, 0.2) is 28.7 Å². The average molecular weight is 409 g/mol. The number of rotatable bonds is 10. The lowest BCUT2D eigenvalue weighted by Gasteiger charge is -2.20. The molecule has 0 spiro atoms. The largest absolute Gasteiger partial charge is 0.591 e. The van der Waals surface area contributed by atoms with Crippen LogP contribution in [0.3, 0.4) is 0 Å². The molecule has 0 saturated carbocycles. The first-order chi connectivity index (χ1) is 12.7. The van der Waals surface area contributed by atoms with Gasteiger partial charge in [-0.15, -0.1) is 0 Å². The number of hydrogen-bond acceptors (Lipinski definition) is 4. The summed E-state index contributed by atoms with van der Waals surface area (Å²) in [7, 11) is 0. The predicted octanol–water partition coefficient (Wildman–Crippen LogP) is 4.60. The Labute approximate surface area is 159 Å². The average Bonchev–Trinajstić information content (AvgIpc) is 2.58. The van der Waals surface area contributed by atoms with Crippen LogP contribution in [0.4, 0.5) is 17.6 Å². The number of hydrogen-bond donors (Lipinski definition) is 0. The second kappa shape index (κ2) is 11.3. The summed E-state index contributed by atoms with van der Waals surface area (Å²) >= 11 is -1.70. The van der Waals surface area contributed by atoms with Crippen LogP contribution in [0, 0.1) is 11.7 Å². The van der Waals surface area contributed by atoms with Crippen LogP contribution in [0.25, 0.3) is 0 Å². The van der Waals surface area contributed by atoms with Crippen molar-refractivity contribution in [3.8, 4) is 0 Å². The zero-order valence-corrected chi connectivity index (χ0v) is 16.0. The van der Waals surface area contributed by atoms with Crippen molar-refractivity contribution in [3.05, 3.63) is 35.6 Å². The molecule has 1 aromatic carbocycles. The zero-order chi connectivity index (χ0) is 20.4.